The highest BCUT2D eigenvalue weighted by Gasteiger charge is 2.22. The Hall–Kier alpha value is -2.94. The number of carbonyl (C=O) groups is 1. The number of amides is 1. The molecule has 2 N–H and O–H groups in total. The van der Waals surface area contributed by atoms with Crippen LogP contribution in [-0.2, 0) is 4.74 Å². The van der Waals surface area contributed by atoms with E-state index in [2.05, 4.69) is 37.4 Å². The number of anilines is 4. The molecule has 4 rings (SSSR count). The van der Waals surface area contributed by atoms with Gasteiger partial charge >= 0.3 is 0 Å². The molecule has 8 nitrogen and oxygen atoms in total. The quantitative estimate of drug-likeness (QED) is 0.555. The molecule has 1 fully saturated rings. The summed E-state index contributed by atoms with van der Waals surface area (Å²) in [5.74, 6) is 1.36. The molecular formula is C22H22Cl2N6O2. The van der Waals surface area contributed by atoms with Crippen molar-refractivity contribution in [3.05, 3.63) is 63.9 Å². The fraction of sp³-hybridized carbons (Fsp3) is 0.273. The van der Waals surface area contributed by atoms with E-state index in [1.807, 2.05) is 13.0 Å². The van der Waals surface area contributed by atoms with Crippen molar-refractivity contribution in [3.8, 4) is 0 Å². The van der Waals surface area contributed by atoms with Crippen LogP contribution in [-0.4, -0.2) is 46.7 Å². The largest absolute Gasteiger partial charge is 0.377 e. The zero-order valence-corrected chi connectivity index (χ0v) is 19.1. The van der Waals surface area contributed by atoms with Gasteiger partial charge in [-0.15, -0.1) is 0 Å². The predicted octanol–water partition coefficient (Wildman–Crippen LogP) is 4.71. The molecule has 166 valence electrons. The molecule has 0 spiro atoms. The van der Waals surface area contributed by atoms with Crippen LogP contribution in [0.1, 0.15) is 23.0 Å². The van der Waals surface area contributed by atoms with Crippen molar-refractivity contribution in [1.29, 1.82) is 0 Å². The van der Waals surface area contributed by atoms with Crippen LogP contribution in [0.4, 0.5) is 23.3 Å². The maximum Gasteiger partial charge on any atom is 0.258 e. The van der Waals surface area contributed by atoms with Gasteiger partial charge < -0.3 is 20.3 Å². The number of hydrogen-bond acceptors (Lipinski definition) is 7. The van der Waals surface area contributed by atoms with E-state index in [1.54, 1.807) is 36.5 Å². The lowest BCUT2D eigenvalue weighted by molar-refractivity contribution is 0.0981. The molecule has 3 aromatic rings. The second kappa shape index (κ2) is 9.68. The van der Waals surface area contributed by atoms with Gasteiger partial charge in [0.1, 0.15) is 11.6 Å². The summed E-state index contributed by atoms with van der Waals surface area (Å²) in [6.45, 7) is 6.01. The maximum atomic E-state index is 12.7. The Labute approximate surface area is 195 Å². The lowest BCUT2D eigenvalue weighted by atomic mass is 10.2. The third kappa shape index (κ3) is 5.09. The number of morpholine rings is 1. The Morgan fingerprint density at radius 2 is 1.94 bits per heavy atom. The first-order chi connectivity index (χ1) is 15.4. The molecule has 1 unspecified atom stereocenters. The van der Waals surface area contributed by atoms with E-state index in [0.29, 0.717) is 36.5 Å². The highest BCUT2D eigenvalue weighted by molar-refractivity contribution is 6.40. The summed E-state index contributed by atoms with van der Waals surface area (Å²) in [7, 11) is 0. The van der Waals surface area contributed by atoms with Crippen molar-refractivity contribution in [2.24, 2.45) is 0 Å². The summed E-state index contributed by atoms with van der Waals surface area (Å²) < 4.78 is 5.51. The molecule has 2 aromatic heterocycles. The molecule has 0 saturated carbocycles. The summed E-state index contributed by atoms with van der Waals surface area (Å²) in [6.07, 6.45) is 1.59. The van der Waals surface area contributed by atoms with Crippen LogP contribution in [0.3, 0.4) is 0 Å². The van der Waals surface area contributed by atoms with Gasteiger partial charge in [-0.1, -0.05) is 29.3 Å². The van der Waals surface area contributed by atoms with Gasteiger partial charge in [0.2, 0.25) is 5.95 Å². The van der Waals surface area contributed by atoms with Gasteiger partial charge in [0.05, 0.1) is 34.9 Å². The summed E-state index contributed by atoms with van der Waals surface area (Å²) >= 11 is 12.3. The molecule has 10 heteroatoms. The summed E-state index contributed by atoms with van der Waals surface area (Å²) in [5.41, 5.74) is 1.59. The van der Waals surface area contributed by atoms with Gasteiger partial charge in [-0.2, -0.15) is 4.98 Å². The molecule has 0 aliphatic carbocycles. The summed E-state index contributed by atoms with van der Waals surface area (Å²) in [5, 5.41) is 6.56. The normalized spacial score (nSPS) is 16.0. The van der Waals surface area contributed by atoms with E-state index in [-0.39, 0.29) is 21.7 Å². The van der Waals surface area contributed by atoms with Crippen LogP contribution in [0.25, 0.3) is 0 Å². The molecule has 32 heavy (non-hydrogen) atoms. The number of ether oxygens (including phenoxy) is 1. The van der Waals surface area contributed by atoms with E-state index >= 15 is 0 Å². The van der Waals surface area contributed by atoms with Crippen molar-refractivity contribution in [2.45, 2.75) is 19.9 Å². The molecule has 1 atom stereocenters. The van der Waals surface area contributed by atoms with E-state index in [9.17, 15) is 4.79 Å². The van der Waals surface area contributed by atoms with E-state index in [4.69, 9.17) is 27.9 Å². The molecule has 1 aromatic carbocycles. The molecule has 1 amide bonds. The topological polar surface area (TPSA) is 92.3 Å². The SMILES string of the molecule is Cc1cc(Nc2cc(NC(=O)c3c(Cl)cccc3Cl)ccn2)nc(N2CCOCC2C)n1. The second-order valence-electron chi connectivity index (χ2n) is 7.42. The van der Waals surface area contributed by atoms with Crippen molar-refractivity contribution < 1.29 is 9.53 Å². The molecule has 3 heterocycles. The molecule has 1 aliphatic rings. The highest BCUT2D eigenvalue weighted by atomic mass is 35.5. The van der Waals surface area contributed by atoms with Crippen LogP contribution >= 0.6 is 23.2 Å². The number of carbonyl (C=O) groups excluding carboxylic acids is 1. The minimum atomic E-state index is -0.403. The highest BCUT2D eigenvalue weighted by Crippen LogP contribution is 2.26. The summed E-state index contributed by atoms with van der Waals surface area (Å²) in [4.78, 5) is 28.3. The van der Waals surface area contributed by atoms with Gasteiger partial charge in [-0.05, 0) is 32.0 Å². The smallest absolute Gasteiger partial charge is 0.258 e. The predicted molar refractivity (Wildman–Crippen MR) is 126 cm³/mol. The Balaban J connectivity index is 1.52. The number of benzene rings is 1. The molecule has 0 radical (unpaired) electrons. The van der Waals surface area contributed by atoms with Gasteiger partial charge in [-0.25, -0.2) is 9.97 Å². The third-order valence-corrected chi connectivity index (χ3v) is 5.56. The van der Waals surface area contributed by atoms with E-state index < -0.39 is 5.91 Å². The minimum absolute atomic E-state index is 0.187. The summed E-state index contributed by atoms with van der Waals surface area (Å²) in [6, 6.07) is 10.3. The lowest BCUT2D eigenvalue weighted by Crippen LogP contribution is -2.44. The fourth-order valence-electron chi connectivity index (χ4n) is 3.39. The Morgan fingerprint density at radius 1 is 1.16 bits per heavy atom. The zero-order chi connectivity index (χ0) is 22.7. The van der Waals surface area contributed by atoms with Crippen molar-refractivity contribution >= 4 is 52.4 Å². The van der Waals surface area contributed by atoms with Crippen molar-refractivity contribution in [3.63, 3.8) is 0 Å². The Kier molecular flexibility index (Phi) is 6.74. The molecule has 1 aliphatic heterocycles. The van der Waals surface area contributed by atoms with Gasteiger partial charge in [0.25, 0.3) is 5.91 Å². The van der Waals surface area contributed by atoms with Crippen molar-refractivity contribution in [2.75, 3.05) is 35.3 Å². The lowest BCUT2D eigenvalue weighted by Gasteiger charge is -2.33. The number of aryl methyl sites for hydroxylation is 1. The number of pyridine rings is 1. The zero-order valence-electron chi connectivity index (χ0n) is 17.6. The van der Waals surface area contributed by atoms with E-state index in [1.165, 1.54) is 0 Å². The fourth-order valence-corrected chi connectivity index (χ4v) is 3.95. The Morgan fingerprint density at radius 3 is 2.69 bits per heavy atom. The van der Waals surface area contributed by atoms with Crippen LogP contribution in [0.2, 0.25) is 10.0 Å². The van der Waals surface area contributed by atoms with Crippen LogP contribution < -0.4 is 15.5 Å². The number of nitrogens with zero attached hydrogens (tertiary/aromatic N) is 4. The van der Waals surface area contributed by atoms with Crippen LogP contribution in [0.5, 0.6) is 0 Å². The third-order valence-electron chi connectivity index (χ3n) is 4.93. The van der Waals surface area contributed by atoms with Gasteiger partial charge in [0, 0.05) is 36.3 Å². The number of nitrogens with one attached hydrogen (secondary N) is 2. The maximum absolute atomic E-state index is 12.7. The standard InChI is InChI=1S/C22H22Cl2N6O2/c1-13-10-19(29-22(26-13)30-8-9-32-12-14(30)2)28-18-11-15(6-7-25-18)27-21(31)20-16(23)4-3-5-17(20)24/h3-7,10-11,14H,8-9,12H2,1-2H3,(H2,25,26,27,28,29,31). The number of hydrogen-bond donors (Lipinski definition) is 2. The van der Waals surface area contributed by atoms with Gasteiger partial charge in [0.15, 0.2) is 0 Å². The second-order valence-corrected chi connectivity index (χ2v) is 8.23. The molecule has 0 bridgehead atoms. The van der Waals surface area contributed by atoms with Gasteiger partial charge in [-0.3, -0.25) is 4.79 Å². The van der Waals surface area contributed by atoms with Crippen LogP contribution in [0.15, 0.2) is 42.6 Å². The number of aromatic nitrogens is 3. The number of rotatable bonds is 5. The number of halogens is 2. The first-order valence-electron chi connectivity index (χ1n) is 10.1. The molecule has 1 saturated heterocycles. The first-order valence-corrected chi connectivity index (χ1v) is 10.8. The minimum Gasteiger partial charge on any atom is -0.377 e. The average molecular weight is 473 g/mol. The average Bonchev–Trinajstić information content (AvgIpc) is 2.74. The first kappa shape index (κ1) is 22.3. The monoisotopic (exact) mass is 472 g/mol. The van der Waals surface area contributed by atoms with E-state index in [0.717, 1.165) is 12.2 Å². The van der Waals surface area contributed by atoms with Crippen molar-refractivity contribution in [1.82, 2.24) is 15.0 Å². The van der Waals surface area contributed by atoms with Crippen LogP contribution in [0, 0.1) is 6.92 Å². The Bertz CT molecular complexity index is 1120. The molecular weight excluding hydrogens is 451 g/mol.